The Bertz CT molecular complexity index is 403. The summed E-state index contributed by atoms with van der Waals surface area (Å²) in [7, 11) is 2.20. The molecule has 100 valence electrons. The van der Waals surface area contributed by atoms with Crippen LogP contribution < -0.4 is 10.6 Å². The molecular weight excluding hydrogens is 222 g/mol. The molecule has 1 aliphatic carbocycles. The molecular formula is C15H25N3. The first-order valence-electron chi connectivity index (χ1n) is 7.00. The predicted octanol–water partition coefficient (Wildman–Crippen LogP) is 2.86. The second-order valence-electron chi connectivity index (χ2n) is 5.70. The molecule has 0 spiro atoms. The van der Waals surface area contributed by atoms with Gasteiger partial charge in [-0.1, -0.05) is 19.8 Å². The van der Waals surface area contributed by atoms with Crippen molar-refractivity contribution in [2.24, 2.45) is 11.7 Å². The SMILES string of the molecule is Cc1cc(N(C)C2CCCC(C)C2)c(CN)cn1. The van der Waals surface area contributed by atoms with Crippen LogP contribution in [0.25, 0.3) is 0 Å². The lowest BCUT2D eigenvalue weighted by Crippen LogP contribution is -2.36. The number of hydrogen-bond donors (Lipinski definition) is 1. The van der Waals surface area contributed by atoms with Crippen molar-refractivity contribution in [2.45, 2.75) is 52.1 Å². The van der Waals surface area contributed by atoms with E-state index in [1.165, 1.54) is 31.4 Å². The first-order valence-corrected chi connectivity index (χ1v) is 7.00. The molecule has 0 aromatic carbocycles. The molecule has 0 saturated heterocycles. The van der Waals surface area contributed by atoms with Crippen molar-refractivity contribution < 1.29 is 0 Å². The van der Waals surface area contributed by atoms with Crippen molar-refractivity contribution in [1.82, 2.24) is 4.98 Å². The third-order valence-corrected chi connectivity index (χ3v) is 4.15. The standard InChI is InChI=1S/C15H25N3/c1-11-5-4-6-14(7-11)18(3)15-8-12(2)17-10-13(15)9-16/h8,10-11,14H,4-7,9,16H2,1-3H3. The Morgan fingerprint density at radius 3 is 2.89 bits per heavy atom. The Labute approximate surface area is 110 Å². The lowest BCUT2D eigenvalue weighted by molar-refractivity contribution is 0.336. The summed E-state index contributed by atoms with van der Waals surface area (Å²) in [6.45, 7) is 4.97. The van der Waals surface area contributed by atoms with Gasteiger partial charge in [-0.2, -0.15) is 0 Å². The van der Waals surface area contributed by atoms with Crippen LogP contribution in [0.4, 0.5) is 5.69 Å². The molecule has 0 radical (unpaired) electrons. The lowest BCUT2D eigenvalue weighted by Gasteiger charge is -2.36. The van der Waals surface area contributed by atoms with Crippen molar-refractivity contribution >= 4 is 5.69 Å². The van der Waals surface area contributed by atoms with Crippen molar-refractivity contribution in [3.8, 4) is 0 Å². The molecule has 1 heterocycles. The molecule has 0 bridgehead atoms. The van der Waals surface area contributed by atoms with Crippen LogP contribution in [-0.4, -0.2) is 18.1 Å². The van der Waals surface area contributed by atoms with Gasteiger partial charge in [-0.15, -0.1) is 0 Å². The molecule has 1 saturated carbocycles. The number of anilines is 1. The quantitative estimate of drug-likeness (QED) is 0.893. The highest BCUT2D eigenvalue weighted by atomic mass is 15.1. The van der Waals surface area contributed by atoms with Gasteiger partial charge in [0, 0.05) is 42.8 Å². The third-order valence-electron chi connectivity index (χ3n) is 4.15. The summed E-state index contributed by atoms with van der Waals surface area (Å²) in [6.07, 6.45) is 7.24. The summed E-state index contributed by atoms with van der Waals surface area (Å²) in [5.41, 5.74) is 9.32. The van der Waals surface area contributed by atoms with Crippen molar-refractivity contribution in [3.05, 3.63) is 23.5 Å². The smallest absolute Gasteiger partial charge is 0.0445 e. The Balaban J connectivity index is 2.21. The van der Waals surface area contributed by atoms with Crippen LogP contribution in [0.2, 0.25) is 0 Å². The largest absolute Gasteiger partial charge is 0.371 e. The normalized spacial score (nSPS) is 24.0. The van der Waals surface area contributed by atoms with Gasteiger partial charge in [-0.25, -0.2) is 0 Å². The minimum atomic E-state index is 0.565. The van der Waals surface area contributed by atoms with Gasteiger partial charge < -0.3 is 10.6 Å². The monoisotopic (exact) mass is 247 g/mol. The average molecular weight is 247 g/mol. The molecule has 2 N–H and O–H groups in total. The summed E-state index contributed by atoms with van der Waals surface area (Å²) in [5.74, 6) is 0.843. The van der Waals surface area contributed by atoms with E-state index in [1.54, 1.807) is 0 Å². The zero-order valence-electron chi connectivity index (χ0n) is 11.8. The van der Waals surface area contributed by atoms with Crippen LogP contribution >= 0.6 is 0 Å². The maximum Gasteiger partial charge on any atom is 0.0445 e. The summed E-state index contributed by atoms with van der Waals surface area (Å²) in [6, 6.07) is 2.82. The molecule has 0 aliphatic heterocycles. The summed E-state index contributed by atoms with van der Waals surface area (Å²) < 4.78 is 0. The van der Waals surface area contributed by atoms with Gasteiger partial charge in [0.05, 0.1) is 0 Å². The fourth-order valence-electron chi connectivity index (χ4n) is 3.01. The number of nitrogens with two attached hydrogens (primary N) is 1. The Morgan fingerprint density at radius 1 is 1.44 bits per heavy atom. The molecule has 18 heavy (non-hydrogen) atoms. The number of pyridine rings is 1. The third kappa shape index (κ3) is 2.83. The van der Waals surface area contributed by atoms with E-state index in [-0.39, 0.29) is 0 Å². The molecule has 1 aromatic heterocycles. The van der Waals surface area contributed by atoms with Crippen molar-refractivity contribution in [2.75, 3.05) is 11.9 Å². The van der Waals surface area contributed by atoms with Gasteiger partial charge in [-0.3, -0.25) is 4.98 Å². The summed E-state index contributed by atoms with van der Waals surface area (Å²) in [4.78, 5) is 6.77. The second-order valence-corrected chi connectivity index (χ2v) is 5.70. The maximum atomic E-state index is 5.83. The van der Waals surface area contributed by atoms with E-state index in [0.717, 1.165) is 17.2 Å². The van der Waals surface area contributed by atoms with Crippen molar-refractivity contribution in [1.29, 1.82) is 0 Å². The molecule has 2 atom stereocenters. The van der Waals surface area contributed by atoms with E-state index in [9.17, 15) is 0 Å². The minimum Gasteiger partial charge on any atom is -0.371 e. The number of aromatic nitrogens is 1. The van der Waals surface area contributed by atoms with Crippen LogP contribution in [0, 0.1) is 12.8 Å². The van der Waals surface area contributed by atoms with Crippen molar-refractivity contribution in [3.63, 3.8) is 0 Å². The molecule has 1 fully saturated rings. The molecule has 2 rings (SSSR count). The number of aryl methyl sites for hydroxylation is 1. The number of nitrogens with zero attached hydrogens (tertiary/aromatic N) is 2. The molecule has 2 unspecified atom stereocenters. The second kappa shape index (κ2) is 5.70. The molecule has 3 nitrogen and oxygen atoms in total. The predicted molar refractivity (Wildman–Crippen MR) is 76.7 cm³/mol. The lowest BCUT2D eigenvalue weighted by atomic mass is 9.86. The van der Waals surface area contributed by atoms with Crippen LogP contribution in [0.1, 0.15) is 43.9 Å². The Morgan fingerprint density at radius 2 is 2.22 bits per heavy atom. The van der Waals surface area contributed by atoms with E-state index >= 15 is 0 Å². The Kier molecular flexibility index (Phi) is 4.23. The average Bonchev–Trinajstić information content (AvgIpc) is 2.38. The van der Waals surface area contributed by atoms with Gasteiger partial charge in [0.2, 0.25) is 0 Å². The van der Waals surface area contributed by atoms with E-state index < -0.39 is 0 Å². The van der Waals surface area contributed by atoms with Gasteiger partial charge in [-0.05, 0) is 31.7 Å². The highest BCUT2D eigenvalue weighted by molar-refractivity contribution is 5.53. The van der Waals surface area contributed by atoms with Gasteiger partial charge in [0.15, 0.2) is 0 Å². The van der Waals surface area contributed by atoms with E-state index in [2.05, 4.69) is 29.9 Å². The van der Waals surface area contributed by atoms with Crippen LogP contribution in [0.3, 0.4) is 0 Å². The highest BCUT2D eigenvalue weighted by Crippen LogP contribution is 2.31. The van der Waals surface area contributed by atoms with E-state index in [0.29, 0.717) is 12.6 Å². The van der Waals surface area contributed by atoms with Crippen LogP contribution in [0.15, 0.2) is 12.3 Å². The first-order chi connectivity index (χ1) is 8.61. The van der Waals surface area contributed by atoms with E-state index in [4.69, 9.17) is 5.73 Å². The fraction of sp³-hybridized carbons (Fsp3) is 0.667. The van der Waals surface area contributed by atoms with E-state index in [1.807, 2.05) is 13.1 Å². The molecule has 1 aliphatic rings. The Hall–Kier alpha value is -1.09. The number of rotatable bonds is 3. The molecule has 1 aromatic rings. The van der Waals surface area contributed by atoms with Gasteiger partial charge in [0.1, 0.15) is 0 Å². The zero-order valence-corrected chi connectivity index (χ0v) is 11.8. The highest BCUT2D eigenvalue weighted by Gasteiger charge is 2.23. The zero-order chi connectivity index (χ0) is 13.1. The van der Waals surface area contributed by atoms with Crippen LogP contribution in [0.5, 0.6) is 0 Å². The fourth-order valence-corrected chi connectivity index (χ4v) is 3.01. The van der Waals surface area contributed by atoms with Gasteiger partial charge in [0.25, 0.3) is 0 Å². The first kappa shape index (κ1) is 13.3. The number of hydrogen-bond acceptors (Lipinski definition) is 3. The topological polar surface area (TPSA) is 42.1 Å². The molecule has 0 amide bonds. The minimum absolute atomic E-state index is 0.565. The summed E-state index contributed by atoms with van der Waals surface area (Å²) >= 11 is 0. The molecule has 3 heteroatoms. The van der Waals surface area contributed by atoms with Crippen LogP contribution in [-0.2, 0) is 6.54 Å². The maximum absolute atomic E-state index is 5.83. The van der Waals surface area contributed by atoms with Gasteiger partial charge >= 0.3 is 0 Å². The summed E-state index contributed by atoms with van der Waals surface area (Å²) in [5, 5.41) is 0.